The van der Waals surface area contributed by atoms with Gasteiger partial charge in [0.2, 0.25) is 5.89 Å². The molecule has 2 heterocycles. The second-order valence-corrected chi connectivity index (χ2v) is 4.24. The SMILES string of the molecule is OC1CSCC1c1nc(C(F)(F)F)no1. The predicted molar refractivity (Wildman–Crippen MR) is 45.4 cm³/mol. The number of rotatable bonds is 1. The van der Waals surface area contributed by atoms with Crippen LogP contribution in [0.15, 0.2) is 4.52 Å². The second kappa shape index (κ2) is 3.67. The molecule has 1 aromatic heterocycles. The normalized spacial score (nSPS) is 27.2. The van der Waals surface area contributed by atoms with E-state index in [2.05, 4.69) is 14.7 Å². The third-order valence-electron chi connectivity index (χ3n) is 2.06. The van der Waals surface area contributed by atoms with Crippen molar-refractivity contribution in [3.8, 4) is 0 Å². The molecule has 0 aromatic carbocycles. The van der Waals surface area contributed by atoms with Crippen molar-refractivity contribution in [2.24, 2.45) is 0 Å². The zero-order chi connectivity index (χ0) is 11.1. The molecule has 1 fully saturated rings. The monoisotopic (exact) mass is 240 g/mol. The highest BCUT2D eigenvalue weighted by Crippen LogP contribution is 2.34. The van der Waals surface area contributed by atoms with E-state index < -0.39 is 24.0 Å². The van der Waals surface area contributed by atoms with E-state index >= 15 is 0 Å². The van der Waals surface area contributed by atoms with Gasteiger partial charge in [0.15, 0.2) is 0 Å². The molecule has 2 unspecified atom stereocenters. The van der Waals surface area contributed by atoms with E-state index in [0.717, 1.165) is 0 Å². The summed E-state index contributed by atoms with van der Waals surface area (Å²) in [6.45, 7) is 0. The number of hydrogen-bond acceptors (Lipinski definition) is 5. The first kappa shape index (κ1) is 10.7. The second-order valence-electron chi connectivity index (χ2n) is 3.17. The number of nitrogens with zero attached hydrogens (tertiary/aromatic N) is 2. The Labute approximate surface area is 86.8 Å². The fourth-order valence-corrected chi connectivity index (χ4v) is 2.51. The zero-order valence-corrected chi connectivity index (χ0v) is 8.18. The Morgan fingerprint density at radius 1 is 1.40 bits per heavy atom. The third kappa shape index (κ3) is 2.10. The van der Waals surface area contributed by atoms with Crippen LogP contribution in [0.25, 0.3) is 0 Å². The Hall–Kier alpha value is -0.760. The van der Waals surface area contributed by atoms with Crippen LogP contribution in [-0.2, 0) is 6.18 Å². The van der Waals surface area contributed by atoms with Gasteiger partial charge in [-0.15, -0.1) is 0 Å². The summed E-state index contributed by atoms with van der Waals surface area (Å²) in [5.74, 6) is -0.935. The van der Waals surface area contributed by atoms with Crippen molar-refractivity contribution in [3.63, 3.8) is 0 Å². The van der Waals surface area contributed by atoms with Crippen LogP contribution in [-0.4, -0.2) is 32.9 Å². The molecule has 2 atom stereocenters. The van der Waals surface area contributed by atoms with Crippen LogP contribution < -0.4 is 0 Å². The molecule has 0 bridgehead atoms. The van der Waals surface area contributed by atoms with Crippen molar-refractivity contribution < 1.29 is 22.8 Å². The molecule has 1 aromatic rings. The summed E-state index contributed by atoms with van der Waals surface area (Å²) in [5, 5.41) is 12.3. The van der Waals surface area contributed by atoms with Crippen molar-refractivity contribution in [3.05, 3.63) is 11.7 Å². The van der Waals surface area contributed by atoms with Crippen LogP contribution in [0.1, 0.15) is 17.6 Å². The van der Waals surface area contributed by atoms with Gasteiger partial charge in [0.05, 0.1) is 12.0 Å². The van der Waals surface area contributed by atoms with Crippen LogP contribution >= 0.6 is 11.8 Å². The maximum Gasteiger partial charge on any atom is 0.455 e. The molecule has 2 rings (SSSR count). The minimum atomic E-state index is -4.60. The molecule has 15 heavy (non-hydrogen) atoms. The van der Waals surface area contributed by atoms with E-state index in [1.807, 2.05) is 0 Å². The smallest absolute Gasteiger partial charge is 0.391 e. The largest absolute Gasteiger partial charge is 0.455 e. The van der Waals surface area contributed by atoms with Gasteiger partial charge in [0, 0.05) is 11.5 Å². The minimum absolute atomic E-state index is 0.139. The topological polar surface area (TPSA) is 59.2 Å². The highest BCUT2D eigenvalue weighted by molar-refractivity contribution is 7.99. The molecular formula is C7H7F3N2O2S. The van der Waals surface area contributed by atoms with Gasteiger partial charge < -0.3 is 9.63 Å². The third-order valence-corrected chi connectivity index (χ3v) is 3.24. The van der Waals surface area contributed by atoms with Gasteiger partial charge in [-0.25, -0.2) is 0 Å². The molecule has 1 aliphatic heterocycles. The lowest BCUT2D eigenvalue weighted by atomic mass is 10.1. The van der Waals surface area contributed by atoms with Crippen LogP contribution in [0.4, 0.5) is 13.2 Å². The fraction of sp³-hybridized carbons (Fsp3) is 0.714. The molecule has 4 nitrogen and oxygen atoms in total. The molecule has 0 saturated carbocycles. The first-order valence-electron chi connectivity index (χ1n) is 4.15. The Bertz CT molecular complexity index is 354. The number of aliphatic hydroxyl groups excluding tert-OH is 1. The predicted octanol–water partition coefficient (Wildman–Crippen LogP) is 1.28. The number of alkyl halides is 3. The summed E-state index contributed by atoms with van der Waals surface area (Å²) in [4.78, 5) is 3.24. The van der Waals surface area contributed by atoms with Crippen LogP contribution in [0.3, 0.4) is 0 Å². The summed E-state index contributed by atoms with van der Waals surface area (Å²) in [6, 6.07) is 0. The molecule has 1 saturated heterocycles. The van der Waals surface area contributed by atoms with Gasteiger partial charge in [0.25, 0.3) is 5.82 Å². The lowest BCUT2D eigenvalue weighted by Crippen LogP contribution is -2.16. The van der Waals surface area contributed by atoms with Gasteiger partial charge in [-0.1, -0.05) is 5.16 Å². The van der Waals surface area contributed by atoms with Crippen molar-refractivity contribution >= 4 is 11.8 Å². The Morgan fingerprint density at radius 2 is 2.13 bits per heavy atom. The van der Waals surface area contributed by atoms with E-state index in [-0.39, 0.29) is 5.89 Å². The van der Waals surface area contributed by atoms with E-state index in [0.29, 0.717) is 11.5 Å². The molecule has 0 spiro atoms. The van der Waals surface area contributed by atoms with Gasteiger partial charge in [0.1, 0.15) is 0 Å². The Balaban J connectivity index is 2.20. The standard InChI is InChI=1S/C7H7F3N2O2S/c8-7(9,10)6-11-5(14-12-6)3-1-15-2-4(3)13/h3-4,13H,1-2H2. The first-order chi connectivity index (χ1) is 6.98. The summed E-state index contributed by atoms with van der Waals surface area (Å²) < 4.78 is 40.9. The molecule has 0 amide bonds. The van der Waals surface area contributed by atoms with Gasteiger partial charge >= 0.3 is 6.18 Å². The average molecular weight is 240 g/mol. The van der Waals surface area contributed by atoms with E-state index in [1.165, 1.54) is 11.8 Å². The van der Waals surface area contributed by atoms with E-state index in [4.69, 9.17) is 0 Å². The zero-order valence-electron chi connectivity index (χ0n) is 7.36. The van der Waals surface area contributed by atoms with Crippen LogP contribution in [0.5, 0.6) is 0 Å². The number of halogens is 3. The van der Waals surface area contributed by atoms with E-state index in [9.17, 15) is 18.3 Å². The number of aliphatic hydroxyl groups is 1. The summed E-state index contributed by atoms with van der Waals surface area (Å²) in [6.07, 6.45) is -5.31. The molecule has 0 aliphatic carbocycles. The maximum atomic E-state index is 12.1. The number of hydrogen-bond donors (Lipinski definition) is 1. The highest BCUT2D eigenvalue weighted by atomic mass is 32.2. The molecule has 8 heteroatoms. The quantitative estimate of drug-likeness (QED) is 0.801. The average Bonchev–Trinajstić information content (AvgIpc) is 2.69. The lowest BCUT2D eigenvalue weighted by Gasteiger charge is -2.06. The highest BCUT2D eigenvalue weighted by Gasteiger charge is 2.40. The van der Waals surface area contributed by atoms with Crippen molar-refractivity contribution in [2.45, 2.75) is 18.2 Å². The minimum Gasteiger partial charge on any atom is -0.391 e. The maximum absolute atomic E-state index is 12.1. The van der Waals surface area contributed by atoms with Gasteiger partial charge in [-0.05, 0) is 0 Å². The number of aromatic nitrogens is 2. The van der Waals surface area contributed by atoms with E-state index in [1.54, 1.807) is 0 Å². The summed E-state index contributed by atoms with van der Waals surface area (Å²) in [5.41, 5.74) is 0. The molecular weight excluding hydrogens is 233 g/mol. The summed E-state index contributed by atoms with van der Waals surface area (Å²) >= 11 is 1.44. The van der Waals surface area contributed by atoms with Crippen molar-refractivity contribution in [1.29, 1.82) is 0 Å². The molecule has 1 N–H and O–H groups in total. The van der Waals surface area contributed by atoms with Gasteiger partial charge in [-0.2, -0.15) is 29.9 Å². The Kier molecular flexibility index (Phi) is 2.63. The van der Waals surface area contributed by atoms with Gasteiger partial charge in [-0.3, -0.25) is 0 Å². The molecule has 0 radical (unpaired) electrons. The lowest BCUT2D eigenvalue weighted by molar-refractivity contribution is -0.146. The van der Waals surface area contributed by atoms with Crippen LogP contribution in [0, 0.1) is 0 Å². The first-order valence-corrected chi connectivity index (χ1v) is 5.30. The van der Waals surface area contributed by atoms with Crippen molar-refractivity contribution in [1.82, 2.24) is 10.1 Å². The summed E-state index contributed by atoms with van der Waals surface area (Å²) in [7, 11) is 0. The van der Waals surface area contributed by atoms with Crippen LogP contribution in [0.2, 0.25) is 0 Å². The molecule has 1 aliphatic rings. The fourth-order valence-electron chi connectivity index (χ4n) is 1.28. The molecule has 84 valence electrons. The Morgan fingerprint density at radius 3 is 2.60 bits per heavy atom. The number of thioether (sulfide) groups is 1. The van der Waals surface area contributed by atoms with Crippen molar-refractivity contribution in [2.75, 3.05) is 11.5 Å².